The van der Waals surface area contributed by atoms with Crippen molar-refractivity contribution in [3.63, 3.8) is 0 Å². The van der Waals surface area contributed by atoms with Crippen LogP contribution in [0.5, 0.6) is 5.75 Å². The van der Waals surface area contributed by atoms with Crippen LogP contribution in [-0.4, -0.2) is 25.9 Å². The topological polar surface area (TPSA) is 30.5 Å². The van der Waals surface area contributed by atoms with E-state index in [-0.39, 0.29) is 0 Å². The van der Waals surface area contributed by atoms with Gasteiger partial charge >= 0.3 is 0 Å². The lowest BCUT2D eigenvalue weighted by Crippen LogP contribution is -2.41. The summed E-state index contributed by atoms with van der Waals surface area (Å²) in [6, 6.07) is 9.17. The minimum atomic E-state index is 0.334. The molecule has 1 aliphatic heterocycles. The molecule has 0 bridgehead atoms. The Morgan fingerprint density at radius 3 is 2.80 bits per heavy atom. The van der Waals surface area contributed by atoms with E-state index in [1.807, 2.05) is 12.1 Å². The van der Waals surface area contributed by atoms with Gasteiger partial charge in [-0.3, -0.25) is 0 Å². The number of nitrogens with one attached hydrogen (secondary N) is 1. The summed E-state index contributed by atoms with van der Waals surface area (Å²) in [6.07, 6.45) is 2.59. The van der Waals surface area contributed by atoms with Crippen molar-refractivity contribution < 1.29 is 9.47 Å². The summed E-state index contributed by atoms with van der Waals surface area (Å²) in [5, 5.41) is 3.74. The quantitative estimate of drug-likeness (QED) is 0.893. The Labute approximate surface area is 122 Å². The molecule has 1 fully saturated rings. The minimum Gasteiger partial charge on any atom is -0.497 e. The fourth-order valence-corrected chi connectivity index (χ4v) is 2.80. The summed E-state index contributed by atoms with van der Waals surface area (Å²) in [6.45, 7) is 7.55. The summed E-state index contributed by atoms with van der Waals surface area (Å²) < 4.78 is 11.1. The van der Waals surface area contributed by atoms with Gasteiger partial charge in [-0.05, 0) is 43.4 Å². The van der Waals surface area contributed by atoms with Gasteiger partial charge in [0.25, 0.3) is 0 Å². The van der Waals surface area contributed by atoms with Gasteiger partial charge in [-0.1, -0.05) is 26.0 Å². The van der Waals surface area contributed by atoms with Crippen LogP contribution in [0.15, 0.2) is 24.3 Å². The number of rotatable bonds is 5. The van der Waals surface area contributed by atoms with Crippen molar-refractivity contribution in [2.24, 2.45) is 5.92 Å². The molecule has 1 aromatic carbocycles. The van der Waals surface area contributed by atoms with Crippen LogP contribution in [0.1, 0.15) is 45.2 Å². The van der Waals surface area contributed by atoms with E-state index in [2.05, 4.69) is 38.2 Å². The monoisotopic (exact) mass is 277 g/mol. The van der Waals surface area contributed by atoms with E-state index < -0.39 is 0 Å². The maximum atomic E-state index is 5.83. The Morgan fingerprint density at radius 2 is 2.10 bits per heavy atom. The van der Waals surface area contributed by atoms with Crippen LogP contribution in [0.2, 0.25) is 0 Å². The molecule has 0 aromatic heterocycles. The molecule has 3 nitrogen and oxygen atoms in total. The number of hydrogen-bond donors (Lipinski definition) is 1. The summed E-state index contributed by atoms with van der Waals surface area (Å²) >= 11 is 0. The Balaban J connectivity index is 1.94. The van der Waals surface area contributed by atoms with Crippen molar-refractivity contribution in [3.05, 3.63) is 29.8 Å². The van der Waals surface area contributed by atoms with Gasteiger partial charge in [0.05, 0.1) is 13.2 Å². The molecule has 1 heterocycles. The summed E-state index contributed by atoms with van der Waals surface area (Å²) in [5.41, 5.74) is 1.27. The highest BCUT2D eigenvalue weighted by Gasteiger charge is 2.25. The summed E-state index contributed by atoms with van der Waals surface area (Å²) in [5.74, 6) is 1.51. The third-order valence-electron chi connectivity index (χ3n) is 4.14. The number of methoxy groups -OCH3 is 1. The predicted octanol–water partition coefficient (Wildman–Crippen LogP) is 3.55. The average Bonchev–Trinajstić information content (AvgIpc) is 2.47. The van der Waals surface area contributed by atoms with Crippen molar-refractivity contribution in [3.8, 4) is 5.75 Å². The van der Waals surface area contributed by atoms with E-state index in [1.165, 1.54) is 5.56 Å². The van der Waals surface area contributed by atoms with Crippen molar-refractivity contribution in [1.29, 1.82) is 0 Å². The highest BCUT2D eigenvalue weighted by Crippen LogP contribution is 2.24. The molecule has 1 aromatic rings. The second-order valence-electron chi connectivity index (χ2n) is 6.04. The second-order valence-corrected chi connectivity index (χ2v) is 6.04. The zero-order chi connectivity index (χ0) is 14.5. The van der Waals surface area contributed by atoms with Gasteiger partial charge in [0.1, 0.15) is 5.75 Å². The highest BCUT2D eigenvalue weighted by atomic mass is 16.5. The first kappa shape index (κ1) is 15.3. The molecule has 0 radical (unpaired) electrons. The fraction of sp³-hybridized carbons (Fsp3) is 0.647. The van der Waals surface area contributed by atoms with Crippen LogP contribution in [0, 0.1) is 5.92 Å². The van der Waals surface area contributed by atoms with Crippen molar-refractivity contribution in [2.75, 3.05) is 13.7 Å². The summed E-state index contributed by atoms with van der Waals surface area (Å²) in [4.78, 5) is 0. The lowest BCUT2D eigenvalue weighted by molar-refractivity contribution is -0.0257. The van der Waals surface area contributed by atoms with E-state index in [9.17, 15) is 0 Å². The first-order chi connectivity index (χ1) is 9.60. The zero-order valence-electron chi connectivity index (χ0n) is 13.1. The first-order valence-electron chi connectivity index (χ1n) is 7.61. The molecule has 0 saturated carbocycles. The van der Waals surface area contributed by atoms with Crippen LogP contribution >= 0.6 is 0 Å². The van der Waals surface area contributed by atoms with Crippen molar-refractivity contribution in [2.45, 2.75) is 51.8 Å². The molecule has 0 amide bonds. The maximum absolute atomic E-state index is 5.83. The van der Waals surface area contributed by atoms with Gasteiger partial charge in [0.15, 0.2) is 0 Å². The Bertz CT molecular complexity index is 419. The molecule has 1 N–H and O–H groups in total. The molecule has 3 heteroatoms. The molecule has 3 atom stereocenters. The van der Waals surface area contributed by atoms with E-state index >= 15 is 0 Å². The minimum absolute atomic E-state index is 0.334. The molecule has 1 saturated heterocycles. The molecule has 112 valence electrons. The largest absolute Gasteiger partial charge is 0.497 e. The first-order valence-corrected chi connectivity index (χ1v) is 7.61. The SMILES string of the molecule is COc1cccc([C@H](C)NC2CCOC(C(C)C)C2)c1. The molecule has 2 unspecified atom stereocenters. The van der Waals surface area contributed by atoms with Gasteiger partial charge in [0, 0.05) is 18.7 Å². The Kier molecular flexibility index (Phi) is 5.44. The number of ether oxygens (including phenoxy) is 2. The normalized spacial score (nSPS) is 24.6. The van der Waals surface area contributed by atoms with E-state index in [1.54, 1.807) is 7.11 Å². The molecule has 20 heavy (non-hydrogen) atoms. The van der Waals surface area contributed by atoms with Crippen LogP contribution in [0.25, 0.3) is 0 Å². The van der Waals surface area contributed by atoms with Crippen molar-refractivity contribution >= 4 is 0 Å². The van der Waals surface area contributed by atoms with Gasteiger partial charge < -0.3 is 14.8 Å². The fourth-order valence-electron chi connectivity index (χ4n) is 2.80. The third kappa shape index (κ3) is 3.97. The van der Waals surface area contributed by atoms with Gasteiger partial charge in [-0.25, -0.2) is 0 Å². The smallest absolute Gasteiger partial charge is 0.119 e. The van der Waals surface area contributed by atoms with Gasteiger partial charge in [-0.15, -0.1) is 0 Å². The van der Waals surface area contributed by atoms with Crippen LogP contribution in [-0.2, 0) is 4.74 Å². The van der Waals surface area contributed by atoms with E-state index in [0.717, 1.165) is 25.2 Å². The molecule has 2 rings (SSSR count). The number of benzene rings is 1. The zero-order valence-corrected chi connectivity index (χ0v) is 13.1. The maximum Gasteiger partial charge on any atom is 0.119 e. The second kappa shape index (κ2) is 7.09. The van der Waals surface area contributed by atoms with Crippen LogP contribution < -0.4 is 10.1 Å². The highest BCUT2D eigenvalue weighted by molar-refractivity contribution is 5.30. The Morgan fingerprint density at radius 1 is 1.30 bits per heavy atom. The molecular formula is C17H27NO2. The molecule has 1 aliphatic rings. The van der Waals surface area contributed by atoms with E-state index in [0.29, 0.717) is 24.1 Å². The van der Waals surface area contributed by atoms with E-state index in [4.69, 9.17) is 9.47 Å². The molecule has 0 aliphatic carbocycles. The standard InChI is InChI=1S/C17H27NO2/c1-12(2)17-11-15(8-9-20-17)18-13(3)14-6-5-7-16(10-14)19-4/h5-7,10,12-13,15,17-18H,8-9,11H2,1-4H3/t13-,15?,17?/m0/s1. The Hall–Kier alpha value is -1.06. The summed E-state index contributed by atoms with van der Waals surface area (Å²) in [7, 11) is 1.71. The van der Waals surface area contributed by atoms with Crippen LogP contribution in [0.4, 0.5) is 0 Å². The predicted molar refractivity (Wildman–Crippen MR) is 82.1 cm³/mol. The molecular weight excluding hydrogens is 250 g/mol. The van der Waals surface area contributed by atoms with Crippen molar-refractivity contribution in [1.82, 2.24) is 5.32 Å². The van der Waals surface area contributed by atoms with Crippen LogP contribution in [0.3, 0.4) is 0 Å². The van der Waals surface area contributed by atoms with Gasteiger partial charge in [0.2, 0.25) is 0 Å². The number of hydrogen-bond acceptors (Lipinski definition) is 3. The molecule has 0 spiro atoms. The van der Waals surface area contributed by atoms with Gasteiger partial charge in [-0.2, -0.15) is 0 Å². The third-order valence-corrected chi connectivity index (χ3v) is 4.14. The average molecular weight is 277 g/mol. The lowest BCUT2D eigenvalue weighted by Gasteiger charge is -2.34. The lowest BCUT2D eigenvalue weighted by atomic mass is 9.94.